The number of aliphatic hydroxyl groups is 1. The highest BCUT2D eigenvalue weighted by molar-refractivity contribution is 9.10. The first kappa shape index (κ1) is 32.3. The molecule has 4 rings (SSSR count). The number of benzene rings is 2. The van der Waals surface area contributed by atoms with Gasteiger partial charge in [-0.15, -0.1) is 0 Å². The summed E-state index contributed by atoms with van der Waals surface area (Å²) < 4.78 is 6.09. The maximum atomic E-state index is 13.2. The van der Waals surface area contributed by atoms with Crippen LogP contribution in [0, 0.1) is 0 Å². The molecule has 0 bridgehead atoms. The number of likely N-dealkylation sites (tertiary alicyclic amines) is 1. The summed E-state index contributed by atoms with van der Waals surface area (Å²) >= 11 is 3.26. The van der Waals surface area contributed by atoms with E-state index in [9.17, 15) is 19.5 Å². The minimum absolute atomic E-state index is 0.0211. The smallest absolute Gasteiger partial charge is 0.410 e. The van der Waals surface area contributed by atoms with Gasteiger partial charge in [0.05, 0.1) is 17.6 Å². The van der Waals surface area contributed by atoms with Gasteiger partial charge in [-0.2, -0.15) is 4.99 Å². The number of allylic oxidation sites excluding steroid dienone is 2. The van der Waals surface area contributed by atoms with Crippen LogP contribution in [0.3, 0.4) is 0 Å². The van der Waals surface area contributed by atoms with E-state index < -0.39 is 18.1 Å². The van der Waals surface area contributed by atoms with Crippen molar-refractivity contribution < 1.29 is 29.3 Å². The zero-order valence-electron chi connectivity index (χ0n) is 23.9. The summed E-state index contributed by atoms with van der Waals surface area (Å²) in [6.45, 7) is 1.44. The highest BCUT2D eigenvalue weighted by Gasteiger charge is 2.33. The summed E-state index contributed by atoms with van der Waals surface area (Å²) in [7, 11) is 0. The van der Waals surface area contributed by atoms with E-state index in [-0.39, 0.29) is 37.4 Å². The minimum atomic E-state index is -1.25. The van der Waals surface area contributed by atoms with Gasteiger partial charge >= 0.3 is 12.1 Å². The molecule has 3 N–H and O–H groups in total. The maximum absolute atomic E-state index is 13.2. The number of aromatic hydroxyl groups is 1. The quantitative estimate of drug-likeness (QED) is 0.221. The third-order valence-corrected chi connectivity index (χ3v) is 7.73. The fourth-order valence-corrected chi connectivity index (χ4v) is 5.26. The number of urea groups is 1. The van der Waals surface area contributed by atoms with Gasteiger partial charge in [0.2, 0.25) is 0 Å². The second-order valence-corrected chi connectivity index (χ2v) is 10.9. The van der Waals surface area contributed by atoms with Crippen molar-refractivity contribution in [3.63, 3.8) is 0 Å². The predicted molar refractivity (Wildman–Crippen MR) is 168 cm³/mol. The molecule has 12 heteroatoms. The normalized spacial score (nSPS) is 15.1. The third-order valence-electron chi connectivity index (χ3n) is 7.09. The van der Waals surface area contributed by atoms with E-state index in [1.54, 1.807) is 12.1 Å². The van der Waals surface area contributed by atoms with Gasteiger partial charge in [-0.3, -0.25) is 4.79 Å². The van der Waals surface area contributed by atoms with Gasteiger partial charge in [-0.1, -0.05) is 24.3 Å². The number of anilines is 1. The van der Waals surface area contributed by atoms with Crippen molar-refractivity contribution in [2.45, 2.75) is 37.8 Å². The Morgan fingerprint density at radius 3 is 2.61 bits per heavy atom. The monoisotopic (exact) mass is 661 g/mol. The lowest BCUT2D eigenvalue weighted by Crippen LogP contribution is -2.50. The van der Waals surface area contributed by atoms with E-state index in [0.717, 1.165) is 17.7 Å². The number of hydrogen-bond donors (Lipinski definition) is 3. The predicted octanol–water partition coefficient (Wildman–Crippen LogP) is 4.04. The summed E-state index contributed by atoms with van der Waals surface area (Å²) in [5.74, 6) is 4.17. The number of halogens is 1. The number of carbonyl (C=O) groups is 3. The number of hydrogen-bond acceptors (Lipinski definition) is 7. The van der Waals surface area contributed by atoms with Crippen molar-refractivity contribution in [1.82, 2.24) is 9.80 Å². The number of carbonyl (C=O) groups excluding carboxylic acids is 3. The fraction of sp³-hybridized carbons (Fsp3) is 0.344. The largest absolute Gasteiger partial charge is 0.507 e. The first-order valence-corrected chi connectivity index (χ1v) is 14.9. The van der Waals surface area contributed by atoms with Gasteiger partial charge in [0.1, 0.15) is 5.75 Å². The van der Waals surface area contributed by atoms with Crippen LogP contribution in [0.25, 0.3) is 0 Å². The van der Waals surface area contributed by atoms with E-state index in [1.807, 2.05) is 29.2 Å². The average Bonchev–Trinajstić information content (AvgIpc) is 3.19. The Balaban J connectivity index is 1.40. The van der Waals surface area contributed by atoms with Gasteiger partial charge in [0.15, 0.2) is 6.10 Å². The topological polar surface area (TPSA) is 144 Å². The average molecular weight is 663 g/mol. The summed E-state index contributed by atoms with van der Waals surface area (Å²) in [5, 5.41) is 21.5. The zero-order valence-corrected chi connectivity index (χ0v) is 25.5. The number of phenolic OH excluding ortho intramolecular Hbond substituents is 1. The Labute approximate surface area is 263 Å². The first-order chi connectivity index (χ1) is 21.4. The van der Waals surface area contributed by atoms with E-state index in [2.05, 4.69) is 54.4 Å². The molecule has 0 aliphatic carbocycles. The Bertz CT molecular complexity index is 1580. The van der Waals surface area contributed by atoms with Crippen LogP contribution in [0.1, 0.15) is 24.0 Å². The van der Waals surface area contributed by atoms with E-state index in [4.69, 9.17) is 9.84 Å². The summed E-state index contributed by atoms with van der Waals surface area (Å²) in [6.07, 6.45) is 2.82. The van der Waals surface area contributed by atoms with E-state index >= 15 is 0 Å². The van der Waals surface area contributed by atoms with Crippen molar-refractivity contribution in [1.29, 1.82) is 0 Å². The molecule has 0 unspecified atom stereocenters. The van der Waals surface area contributed by atoms with Crippen molar-refractivity contribution in [2.24, 2.45) is 9.98 Å². The van der Waals surface area contributed by atoms with Gasteiger partial charge in [0.25, 0.3) is 5.91 Å². The molecule has 44 heavy (non-hydrogen) atoms. The van der Waals surface area contributed by atoms with Crippen LogP contribution in [0.15, 0.2) is 80.5 Å². The highest BCUT2D eigenvalue weighted by Crippen LogP contribution is 2.27. The zero-order chi connectivity index (χ0) is 31.3. The molecule has 2 heterocycles. The molecule has 4 amide bonds. The summed E-state index contributed by atoms with van der Waals surface area (Å²) in [5.41, 5.74) is 7.72. The van der Waals surface area contributed by atoms with Crippen LogP contribution < -0.4 is 5.32 Å². The van der Waals surface area contributed by atoms with Crippen molar-refractivity contribution in [2.75, 3.05) is 38.1 Å². The van der Waals surface area contributed by atoms with Crippen molar-refractivity contribution in [3.8, 4) is 5.75 Å². The number of aliphatic hydroxyl groups excluding tert-OH is 1. The molecule has 0 spiro atoms. The standard InChI is InChI=1S/C32H32BrN5O6/c33-26-21-23(9-10-28(26)40)22-29(30(41)35-15-6-2-1-5-14-34-16-20-39)44-32(43)37-17-12-25(13-18-37)38-19-11-24-7-3-4-8-27(24)36-31(38)42/h1-4,7-10,21,25,29,39-40H,11-13,16-20,22H2,(H,36,42)/t29-/m1/s1. The van der Waals surface area contributed by atoms with Gasteiger partial charge in [0, 0.05) is 49.5 Å². The molecule has 2 aromatic rings. The number of phenols is 1. The lowest BCUT2D eigenvalue weighted by molar-refractivity contribution is -0.126. The van der Waals surface area contributed by atoms with Crippen LogP contribution >= 0.6 is 15.9 Å². The molecule has 0 saturated carbocycles. The molecule has 1 atom stereocenters. The molecule has 1 fully saturated rings. The van der Waals surface area contributed by atoms with E-state index in [1.165, 1.54) is 23.1 Å². The molecular formula is C32H32BrN5O6. The van der Waals surface area contributed by atoms with Crippen LogP contribution in [0.5, 0.6) is 5.75 Å². The molecule has 1 saturated heterocycles. The Morgan fingerprint density at radius 1 is 1.11 bits per heavy atom. The number of aliphatic imine (C=N–C) groups is 2. The highest BCUT2D eigenvalue weighted by atomic mass is 79.9. The molecule has 0 radical (unpaired) electrons. The Hall–Kier alpha value is -4.65. The molecule has 11 nitrogen and oxygen atoms in total. The number of nitrogens with one attached hydrogen (secondary N) is 1. The summed E-state index contributed by atoms with van der Waals surface area (Å²) in [6, 6.07) is 12.3. The number of fused-ring (bicyclic) bond motifs is 1. The van der Waals surface area contributed by atoms with Gasteiger partial charge < -0.3 is 30.1 Å². The second-order valence-electron chi connectivity index (χ2n) is 10.0. The molecular weight excluding hydrogens is 630 g/mol. The van der Waals surface area contributed by atoms with Crippen LogP contribution in [-0.4, -0.2) is 94.7 Å². The molecule has 2 aromatic carbocycles. The lowest BCUT2D eigenvalue weighted by Gasteiger charge is -2.37. The van der Waals surface area contributed by atoms with E-state index in [0.29, 0.717) is 42.5 Å². The number of para-hydroxylation sites is 1. The summed E-state index contributed by atoms with van der Waals surface area (Å²) in [4.78, 5) is 49.9. The van der Waals surface area contributed by atoms with Crippen LogP contribution in [-0.2, 0) is 22.4 Å². The first-order valence-electron chi connectivity index (χ1n) is 14.1. The number of ether oxygens (including phenoxy) is 1. The number of piperidine rings is 1. The van der Waals surface area contributed by atoms with Gasteiger partial charge in [-0.05, 0) is 88.1 Å². The third kappa shape index (κ3) is 9.17. The second kappa shape index (κ2) is 16.3. The minimum Gasteiger partial charge on any atom is -0.507 e. The maximum Gasteiger partial charge on any atom is 0.410 e. The Kier molecular flexibility index (Phi) is 11.9. The van der Waals surface area contributed by atoms with Gasteiger partial charge in [-0.25, -0.2) is 14.6 Å². The number of amides is 4. The van der Waals surface area contributed by atoms with Crippen LogP contribution in [0.4, 0.5) is 15.3 Å². The van der Waals surface area contributed by atoms with Crippen molar-refractivity contribution >= 4 is 51.4 Å². The molecule has 228 valence electrons. The molecule has 2 aliphatic heterocycles. The SMILES string of the molecule is O=C(N=C=C=CC=C=C=NCCO)[C@@H](Cc1ccc(O)c(Br)c1)OC(=O)N1CCC(N2CCc3ccccc3NC2=O)CC1. The molecule has 2 aliphatic rings. The number of rotatable bonds is 8. The fourth-order valence-electron chi connectivity index (χ4n) is 4.83. The molecule has 0 aromatic heterocycles. The number of nitrogens with zero attached hydrogens (tertiary/aromatic N) is 4. The van der Waals surface area contributed by atoms with Crippen LogP contribution in [0.2, 0.25) is 0 Å². The van der Waals surface area contributed by atoms with Crippen molar-refractivity contribution in [3.05, 3.63) is 81.7 Å². The Morgan fingerprint density at radius 2 is 1.86 bits per heavy atom. The lowest BCUT2D eigenvalue weighted by atomic mass is 10.0.